The van der Waals surface area contributed by atoms with Crippen LogP contribution < -0.4 is 16.0 Å². The van der Waals surface area contributed by atoms with Gasteiger partial charge in [0.1, 0.15) is 17.7 Å². The van der Waals surface area contributed by atoms with Gasteiger partial charge in [-0.2, -0.15) is 40.1 Å². The van der Waals surface area contributed by atoms with E-state index in [0.29, 0.717) is 60.7 Å². The van der Waals surface area contributed by atoms with E-state index in [1.54, 1.807) is 4.90 Å². The minimum Gasteiger partial charge on any atom is -0.475 e. The maximum Gasteiger partial charge on any atom is 0.490 e. The number of rotatable bonds is 20. The molecule has 466 valence electrons. The normalized spacial score (nSPS) is 27.8. The highest BCUT2D eigenvalue weighted by atomic mass is 32.3. The molecular formula is C51H89F3N9O16S2+. The molecule has 8 rings (SSSR count). The minimum atomic E-state index is -5.08. The molecule has 0 aliphatic carbocycles. The van der Waals surface area contributed by atoms with Crippen LogP contribution in [0.4, 0.5) is 27.6 Å². The van der Waals surface area contributed by atoms with E-state index in [-0.39, 0.29) is 55.2 Å². The Hall–Kier alpha value is -4.33. The van der Waals surface area contributed by atoms with Gasteiger partial charge in [0, 0.05) is 49.3 Å². The summed E-state index contributed by atoms with van der Waals surface area (Å²) in [6.07, 6.45) is 14.2. The first-order valence-electron chi connectivity index (χ1n) is 28.9. The number of quaternary nitrogens is 1. The van der Waals surface area contributed by atoms with Crippen molar-refractivity contribution in [2.24, 2.45) is 0 Å². The number of fused-ring (bicyclic) bond motifs is 8. The molecule has 0 aromatic carbocycles. The van der Waals surface area contributed by atoms with Gasteiger partial charge in [-0.3, -0.25) is 18.7 Å². The Morgan fingerprint density at radius 2 is 0.951 bits per heavy atom. The molecule has 0 aromatic rings. The number of halogens is 3. The lowest BCUT2D eigenvalue weighted by Gasteiger charge is -2.40. The first-order valence-corrected chi connectivity index (χ1v) is 31.6. The van der Waals surface area contributed by atoms with E-state index < -0.39 is 74.8 Å². The summed E-state index contributed by atoms with van der Waals surface area (Å²) in [6, 6.07) is -2.98. The van der Waals surface area contributed by atoms with Gasteiger partial charge >= 0.3 is 51.1 Å². The third-order valence-electron chi connectivity index (χ3n) is 16.3. The van der Waals surface area contributed by atoms with Crippen molar-refractivity contribution in [1.29, 1.82) is 0 Å². The Bertz CT molecular complexity index is 2320. The second-order valence-corrected chi connectivity index (χ2v) is 25.7. The van der Waals surface area contributed by atoms with Gasteiger partial charge in [-0.05, 0) is 124 Å². The maximum absolute atomic E-state index is 13.0. The Morgan fingerprint density at radius 3 is 1.27 bits per heavy atom. The molecule has 25 nitrogen and oxygen atoms in total. The van der Waals surface area contributed by atoms with Crippen LogP contribution in [-0.4, -0.2) is 208 Å². The van der Waals surface area contributed by atoms with Crippen molar-refractivity contribution in [1.82, 2.24) is 40.8 Å². The highest BCUT2D eigenvalue weighted by molar-refractivity contribution is 7.81. The lowest BCUT2D eigenvalue weighted by atomic mass is 9.96. The molecule has 8 bridgehead atoms. The highest BCUT2D eigenvalue weighted by Crippen LogP contribution is 2.38. The van der Waals surface area contributed by atoms with Crippen LogP contribution in [0.15, 0.2) is 0 Å². The fourth-order valence-electron chi connectivity index (χ4n) is 12.5. The molecule has 0 spiro atoms. The van der Waals surface area contributed by atoms with E-state index in [9.17, 15) is 54.0 Å². The number of hydroxylamine groups is 4. The molecule has 0 saturated carbocycles. The van der Waals surface area contributed by atoms with Gasteiger partial charge in [-0.25, -0.2) is 19.2 Å². The molecule has 4 unspecified atom stereocenters. The smallest absolute Gasteiger partial charge is 0.475 e. The lowest BCUT2D eigenvalue weighted by Crippen LogP contribution is -2.57. The van der Waals surface area contributed by atoms with Gasteiger partial charge in [0.15, 0.2) is 0 Å². The van der Waals surface area contributed by atoms with Gasteiger partial charge in [0.25, 0.3) is 0 Å². The van der Waals surface area contributed by atoms with Crippen molar-refractivity contribution in [2.75, 3.05) is 39.3 Å². The summed E-state index contributed by atoms with van der Waals surface area (Å²) in [7, 11) is -9.61. The Kier molecular flexibility index (Phi) is 24.1. The molecule has 30 heteroatoms. The first-order chi connectivity index (χ1) is 37.8. The Balaban J connectivity index is 0.000000219. The van der Waals surface area contributed by atoms with E-state index in [1.165, 1.54) is 91.8 Å². The predicted octanol–water partition coefficient (Wildman–Crippen LogP) is 6.06. The summed E-state index contributed by atoms with van der Waals surface area (Å²) in [5.74, 6) is -3.26. The number of carbonyl (C=O) groups is 6. The topological polar surface area (TPSA) is 311 Å². The first kappa shape index (κ1) is 67.5. The summed E-state index contributed by atoms with van der Waals surface area (Å²) in [5.41, 5.74) is -0.574. The van der Waals surface area contributed by atoms with Crippen LogP contribution in [0.25, 0.3) is 0 Å². The second kappa shape index (κ2) is 29.0. The van der Waals surface area contributed by atoms with Crippen LogP contribution in [0.2, 0.25) is 0 Å². The number of hydrogen-bond acceptors (Lipinski definition) is 14. The number of urea groups is 2. The molecule has 8 aliphatic rings. The zero-order chi connectivity index (χ0) is 60.3. The van der Waals surface area contributed by atoms with Crippen LogP contribution in [0.5, 0.6) is 0 Å². The van der Waals surface area contributed by atoms with E-state index in [0.717, 1.165) is 38.5 Å². The van der Waals surface area contributed by atoms with Gasteiger partial charge in [-0.1, -0.05) is 53.4 Å². The molecule has 8 atom stereocenters. The number of carboxylic acid groups (broad SMARTS) is 1. The molecule has 81 heavy (non-hydrogen) atoms. The number of ether oxygens (including phenoxy) is 1. The number of alkyl halides is 3. The second-order valence-electron chi connectivity index (χ2n) is 23.7. The zero-order valence-electron chi connectivity index (χ0n) is 47.9. The SMILES string of the molecule is CC(C)(C)OC(=O)N1C2CCC1CC(NC(=O)[C@@H]1CC[C@@H]3CN1C(=O)N3OS(=O)(=O)O)C2.CCCC[N+](CCCC)(CCCC)CCCC.O=C(NC1CC2CCC(C1)N2)[C@@H]1CC[C@@H]2CN1C(=O)N2OS(=O)(=O)O.O=C(O)C(F)(F)F. The number of carbonyl (C=O) groups excluding carboxylic acids is 5. The molecule has 8 heterocycles. The summed E-state index contributed by atoms with van der Waals surface area (Å²) < 4.78 is 109. The van der Waals surface area contributed by atoms with Crippen LogP contribution in [0.1, 0.15) is 177 Å². The van der Waals surface area contributed by atoms with Gasteiger partial charge in [0.2, 0.25) is 11.8 Å². The summed E-state index contributed by atoms with van der Waals surface area (Å²) in [5, 5.41) is 18.0. The fraction of sp³-hybridized carbons (Fsp3) is 0.882. The monoisotopic (exact) mass is 1200 g/mol. The Morgan fingerprint density at radius 1 is 0.605 bits per heavy atom. The number of carboxylic acids is 1. The van der Waals surface area contributed by atoms with E-state index in [2.05, 4.69) is 52.2 Å². The molecule has 8 aliphatic heterocycles. The summed E-state index contributed by atoms with van der Waals surface area (Å²) >= 11 is 0. The number of aliphatic carboxylic acids is 1. The summed E-state index contributed by atoms with van der Waals surface area (Å²) in [4.78, 5) is 76.4. The minimum absolute atomic E-state index is 0.00305. The van der Waals surface area contributed by atoms with E-state index in [1.807, 2.05) is 20.8 Å². The third kappa shape index (κ3) is 19.6. The van der Waals surface area contributed by atoms with E-state index >= 15 is 0 Å². The lowest BCUT2D eigenvalue weighted by molar-refractivity contribution is -0.929. The number of hydrogen-bond donors (Lipinski definition) is 6. The van der Waals surface area contributed by atoms with Gasteiger partial charge in [0.05, 0.1) is 38.3 Å². The van der Waals surface area contributed by atoms with Crippen LogP contribution >= 0.6 is 0 Å². The van der Waals surface area contributed by atoms with Crippen LogP contribution in [-0.2, 0) is 48.5 Å². The van der Waals surface area contributed by atoms with Crippen molar-refractivity contribution >= 4 is 56.7 Å². The largest absolute Gasteiger partial charge is 0.490 e. The molecule has 8 fully saturated rings. The third-order valence-corrected chi connectivity index (χ3v) is 17.0. The highest BCUT2D eigenvalue weighted by Gasteiger charge is 2.52. The maximum atomic E-state index is 13.0. The number of unbranched alkanes of at least 4 members (excludes halogenated alkanes) is 4. The molecule has 0 radical (unpaired) electrons. The zero-order valence-corrected chi connectivity index (χ0v) is 49.6. The summed E-state index contributed by atoms with van der Waals surface area (Å²) in [6.45, 7) is 20.9. The molecule has 6 N–H and O–H groups in total. The van der Waals surface area contributed by atoms with Gasteiger partial charge in [-0.15, -0.1) is 8.57 Å². The molecule has 8 saturated heterocycles. The molecule has 7 amide bonds. The van der Waals surface area contributed by atoms with Crippen molar-refractivity contribution in [2.45, 2.75) is 249 Å². The van der Waals surface area contributed by atoms with Crippen molar-refractivity contribution in [3.8, 4) is 0 Å². The van der Waals surface area contributed by atoms with Crippen molar-refractivity contribution < 1.29 is 90.8 Å². The average molecular weight is 1210 g/mol. The number of nitrogens with one attached hydrogen (secondary N) is 3. The molecular weight excluding hydrogens is 1120 g/mol. The number of amides is 7. The van der Waals surface area contributed by atoms with Crippen LogP contribution in [0, 0.1) is 0 Å². The fourth-order valence-corrected chi connectivity index (χ4v) is 13.3. The number of piperidine rings is 4. The van der Waals surface area contributed by atoms with Gasteiger partial charge < -0.3 is 45.0 Å². The average Bonchev–Trinajstić information content (AvgIpc) is 4.27. The van der Waals surface area contributed by atoms with Crippen molar-refractivity contribution in [3.05, 3.63) is 0 Å². The van der Waals surface area contributed by atoms with E-state index in [4.69, 9.17) is 23.7 Å². The standard InChI is InChI=1S/C19H30N4O8S.C16H36N.C14H22N4O6S.C2HF3O2/c1-19(2,3)30-18(26)22-12-4-5-13(22)9-11(8-12)20-16(24)15-7-6-14-10-21(15)17(25)23(14)31-32(27,28)29;1-5-9-13-17(14-10-6-2,15-11-7-3)16-12-8-4;19-13(16-10-5-8-1-2-9(6-10)15-8)12-4-3-11-7-17(12)14(20)18(11)24-25(21,22)23;3-2(4,5)1(6)7/h11-15H,4-10H2,1-3H3,(H,20,24)(H,27,28,29);5-16H2,1-4H3;8-12,15H,1-7H2,(H,16,19)(H,21,22,23);(H,6,7)/q;+1;;/t11?,12?,13?,14-,15+;;8?,9?,10?,11-,12+;/m1.1./s1. The van der Waals surface area contributed by atoms with Crippen molar-refractivity contribution in [3.63, 3.8) is 0 Å². The Labute approximate surface area is 475 Å². The molecule has 0 aromatic heterocycles. The van der Waals surface area contributed by atoms with Crippen LogP contribution in [0.3, 0.4) is 0 Å². The predicted molar refractivity (Wildman–Crippen MR) is 287 cm³/mol. The number of nitrogens with zero attached hydrogens (tertiary/aromatic N) is 6. The quantitative estimate of drug-likeness (QED) is 0.0596.